The van der Waals surface area contributed by atoms with E-state index in [1.807, 2.05) is 38.2 Å². The maximum absolute atomic E-state index is 6.02. The van der Waals surface area contributed by atoms with Crippen LogP contribution >= 0.6 is 23.2 Å². The van der Waals surface area contributed by atoms with Gasteiger partial charge in [-0.2, -0.15) is 0 Å². The van der Waals surface area contributed by atoms with Gasteiger partial charge in [0, 0.05) is 0 Å². The average Bonchev–Trinajstić information content (AvgIpc) is 2.71. The van der Waals surface area contributed by atoms with Crippen LogP contribution in [-0.4, -0.2) is 7.05 Å². The van der Waals surface area contributed by atoms with Crippen LogP contribution in [0.25, 0.3) is 0 Å². The molecule has 0 saturated heterocycles. The van der Waals surface area contributed by atoms with Gasteiger partial charge in [0.2, 0.25) is 0 Å². The Morgan fingerprint density at radius 2 is 1.88 bits per heavy atom. The second-order valence-electron chi connectivity index (χ2n) is 3.84. The van der Waals surface area contributed by atoms with Crippen molar-refractivity contribution in [3.8, 4) is 0 Å². The van der Waals surface area contributed by atoms with E-state index in [-0.39, 0.29) is 6.04 Å². The summed E-state index contributed by atoms with van der Waals surface area (Å²) in [4.78, 5) is 0. The first-order chi connectivity index (χ1) is 8.11. The first kappa shape index (κ1) is 12.5. The summed E-state index contributed by atoms with van der Waals surface area (Å²) in [5.41, 5.74) is 1.02. The van der Waals surface area contributed by atoms with E-state index in [0.717, 1.165) is 17.1 Å². The van der Waals surface area contributed by atoms with E-state index in [1.54, 1.807) is 6.07 Å². The van der Waals surface area contributed by atoms with Crippen LogP contribution in [0.15, 0.2) is 34.7 Å². The Morgan fingerprint density at radius 1 is 1.12 bits per heavy atom. The predicted octanol–water partition coefficient (Wildman–Crippen LogP) is 4.20. The van der Waals surface area contributed by atoms with Crippen molar-refractivity contribution in [3.05, 3.63) is 57.5 Å². The minimum Gasteiger partial charge on any atom is -0.464 e. The van der Waals surface area contributed by atoms with E-state index in [4.69, 9.17) is 27.6 Å². The van der Waals surface area contributed by atoms with Crippen molar-refractivity contribution >= 4 is 23.2 Å². The van der Waals surface area contributed by atoms with Gasteiger partial charge in [0.05, 0.1) is 16.1 Å². The monoisotopic (exact) mass is 269 g/mol. The molecule has 0 aliphatic rings. The lowest BCUT2D eigenvalue weighted by molar-refractivity contribution is 0.444. The maximum Gasteiger partial charge on any atom is 0.125 e. The number of benzene rings is 1. The fourth-order valence-corrected chi connectivity index (χ4v) is 2.08. The van der Waals surface area contributed by atoms with Crippen LogP contribution in [0.2, 0.25) is 10.0 Å². The van der Waals surface area contributed by atoms with E-state index >= 15 is 0 Å². The lowest BCUT2D eigenvalue weighted by Gasteiger charge is -2.14. The third-order valence-corrected chi connectivity index (χ3v) is 3.35. The molecule has 0 bridgehead atoms. The van der Waals surface area contributed by atoms with Crippen molar-refractivity contribution in [2.75, 3.05) is 7.05 Å². The van der Waals surface area contributed by atoms with Gasteiger partial charge >= 0.3 is 0 Å². The summed E-state index contributed by atoms with van der Waals surface area (Å²) in [6.45, 7) is 1.92. The Morgan fingerprint density at radius 3 is 2.41 bits per heavy atom. The SMILES string of the molecule is CNC(c1ccc(Cl)c(Cl)c1)c1ccc(C)o1. The fraction of sp³-hybridized carbons (Fsp3) is 0.231. The van der Waals surface area contributed by atoms with Crippen LogP contribution in [0.4, 0.5) is 0 Å². The summed E-state index contributed by atoms with van der Waals surface area (Å²) in [6.07, 6.45) is 0. The summed E-state index contributed by atoms with van der Waals surface area (Å²) in [7, 11) is 1.88. The zero-order valence-corrected chi connectivity index (χ0v) is 11.1. The number of rotatable bonds is 3. The minimum absolute atomic E-state index is 0.0153. The average molecular weight is 270 g/mol. The van der Waals surface area contributed by atoms with Gasteiger partial charge in [0.15, 0.2) is 0 Å². The summed E-state index contributed by atoms with van der Waals surface area (Å²) in [5, 5.41) is 4.30. The van der Waals surface area contributed by atoms with Gasteiger partial charge in [-0.3, -0.25) is 0 Å². The molecule has 90 valence electrons. The molecule has 2 rings (SSSR count). The molecule has 0 aliphatic heterocycles. The molecule has 0 amide bonds. The molecular formula is C13H13Cl2NO. The van der Waals surface area contributed by atoms with Gasteiger partial charge in [0.25, 0.3) is 0 Å². The van der Waals surface area contributed by atoms with E-state index in [2.05, 4.69) is 5.32 Å². The molecule has 1 aromatic carbocycles. The second-order valence-corrected chi connectivity index (χ2v) is 4.66. The van der Waals surface area contributed by atoms with Gasteiger partial charge in [-0.15, -0.1) is 0 Å². The van der Waals surface area contributed by atoms with Gasteiger partial charge < -0.3 is 9.73 Å². The van der Waals surface area contributed by atoms with Crippen LogP contribution < -0.4 is 5.32 Å². The van der Waals surface area contributed by atoms with Gasteiger partial charge in [-0.1, -0.05) is 29.3 Å². The lowest BCUT2D eigenvalue weighted by atomic mass is 10.1. The van der Waals surface area contributed by atoms with Crippen molar-refractivity contribution in [1.29, 1.82) is 0 Å². The van der Waals surface area contributed by atoms with Crippen LogP contribution in [-0.2, 0) is 0 Å². The molecule has 2 nitrogen and oxygen atoms in total. The Hall–Kier alpha value is -0.960. The number of nitrogens with one attached hydrogen (secondary N) is 1. The number of hydrogen-bond donors (Lipinski definition) is 1. The molecule has 4 heteroatoms. The standard InChI is InChI=1S/C13H13Cl2NO/c1-8-3-6-12(17-8)13(16-2)9-4-5-10(14)11(15)7-9/h3-7,13,16H,1-2H3. The van der Waals surface area contributed by atoms with Crippen molar-refractivity contribution in [2.24, 2.45) is 0 Å². The fourth-order valence-electron chi connectivity index (χ4n) is 1.77. The van der Waals surface area contributed by atoms with E-state index in [9.17, 15) is 0 Å². The Balaban J connectivity index is 2.38. The van der Waals surface area contributed by atoms with Gasteiger partial charge in [0.1, 0.15) is 11.5 Å². The lowest BCUT2D eigenvalue weighted by Crippen LogP contribution is -2.16. The van der Waals surface area contributed by atoms with Crippen molar-refractivity contribution in [3.63, 3.8) is 0 Å². The molecule has 0 fully saturated rings. The molecular weight excluding hydrogens is 257 g/mol. The predicted molar refractivity (Wildman–Crippen MR) is 70.8 cm³/mol. The summed E-state index contributed by atoms with van der Waals surface area (Å²) >= 11 is 11.9. The van der Waals surface area contributed by atoms with Crippen LogP contribution in [0.5, 0.6) is 0 Å². The van der Waals surface area contributed by atoms with Crippen molar-refractivity contribution in [1.82, 2.24) is 5.32 Å². The Labute approximate surface area is 111 Å². The maximum atomic E-state index is 6.02. The van der Waals surface area contributed by atoms with E-state index < -0.39 is 0 Å². The topological polar surface area (TPSA) is 25.2 Å². The molecule has 0 radical (unpaired) electrons. The van der Waals surface area contributed by atoms with Gasteiger partial charge in [-0.25, -0.2) is 0 Å². The van der Waals surface area contributed by atoms with Crippen LogP contribution in [0.1, 0.15) is 23.1 Å². The number of aryl methyl sites for hydroxylation is 1. The van der Waals surface area contributed by atoms with E-state index in [1.165, 1.54) is 0 Å². The molecule has 2 aromatic rings. The Kier molecular flexibility index (Phi) is 3.77. The van der Waals surface area contributed by atoms with Gasteiger partial charge in [-0.05, 0) is 43.8 Å². The highest BCUT2D eigenvalue weighted by molar-refractivity contribution is 6.42. The molecule has 1 atom stereocenters. The molecule has 1 N–H and O–H groups in total. The first-order valence-corrected chi connectivity index (χ1v) is 6.06. The third-order valence-electron chi connectivity index (χ3n) is 2.61. The summed E-state index contributed by atoms with van der Waals surface area (Å²) in [6, 6.07) is 9.46. The zero-order valence-electron chi connectivity index (χ0n) is 9.63. The zero-order chi connectivity index (χ0) is 12.4. The highest BCUT2D eigenvalue weighted by Crippen LogP contribution is 2.29. The highest BCUT2D eigenvalue weighted by atomic mass is 35.5. The smallest absolute Gasteiger partial charge is 0.125 e. The molecule has 1 heterocycles. The molecule has 1 unspecified atom stereocenters. The highest BCUT2D eigenvalue weighted by Gasteiger charge is 2.16. The van der Waals surface area contributed by atoms with Crippen molar-refractivity contribution < 1.29 is 4.42 Å². The Bertz CT molecular complexity index is 522. The summed E-state index contributed by atoms with van der Waals surface area (Å²) < 4.78 is 5.62. The number of hydrogen-bond acceptors (Lipinski definition) is 2. The number of furan rings is 1. The second kappa shape index (κ2) is 5.13. The molecule has 1 aromatic heterocycles. The molecule has 17 heavy (non-hydrogen) atoms. The largest absolute Gasteiger partial charge is 0.464 e. The minimum atomic E-state index is -0.0153. The summed E-state index contributed by atoms with van der Waals surface area (Å²) in [5.74, 6) is 1.75. The molecule has 0 saturated carbocycles. The van der Waals surface area contributed by atoms with E-state index in [0.29, 0.717) is 10.0 Å². The normalized spacial score (nSPS) is 12.7. The van der Waals surface area contributed by atoms with Crippen LogP contribution in [0, 0.1) is 6.92 Å². The van der Waals surface area contributed by atoms with Crippen molar-refractivity contribution in [2.45, 2.75) is 13.0 Å². The number of halogens is 2. The molecule has 0 aliphatic carbocycles. The first-order valence-electron chi connectivity index (χ1n) is 5.30. The van der Waals surface area contributed by atoms with Crippen LogP contribution in [0.3, 0.4) is 0 Å². The molecule has 0 spiro atoms. The third kappa shape index (κ3) is 2.65. The quantitative estimate of drug-likeness (QED) is 0.904.